The van der Waals surface area contributed by atoms with Crippen LogP contribution in [0.1, 0.15) is 31.1 Å². The molecule has 0 aliphatic rings. The molecular weight excluding hydrogens is 226 g/mol. The average Bonchev–Trinajstić information content (AvgIpc) is 2.82. The van der Waals surface area contributed by atoms with Crippen LogP contribution in [0.4, 0.5) is 0 Å². The van der Waals surface area contributed by atoms with Gasteiger partial charge in [-0.25, -0.2) is 0 Å². The first kappa shape index (κ1) is 12.6. The number of aromatic amines is 1. The summed E-state index contributed by atoms with van der Waals surface area (Å²) in [6.45, 7) is 6.30. The summed E-state index contributed by atoms with van der Waals surface area (Å²) in [6.07, 6.45) is 1.75. The monoisotopic (exact) mass is 245 g/mol. The van der Waals surface area contributed by atoms with Gasteiger partial charge in [0.25, 0.3) is 5.91 Å². The lowest BCUT2D eigenvalue weighted by Crippen LogP contribution is -2.38. The van der Waals surface area contributed by atoms with Crippen molar-refractivity contribution >= 4 is 16.8 Å². The number of nitrogens with zero attached hydrogens (tertiary/aromatic N) is 2. The zero-order valence-corrected chi connectivity index (χ0v) is 11.3. The normalized spacial score (nSPS) is 12.9. The Labute approximate surface area is 107 Å². The lowest BCUT2D eigenvalue weighted by Gasteiger charge is -2.28. The second kappa shape index (κ2) is 4.80. The van der Waals surface area contributed by atoms with E-state index in [0.29, 0.717) is 11.5 Å². The quantitative estimate of drug-likeness (QED) is 0.903. The van der Waals surface area contributed by atoms with Crippen LogP contribution in [0.2, 0.25) is 0 Å². The zero-order valence-electron chi connectivity index (χ0n) is 11.3. The molecule has 4 heteroatoms. The Balaban J connectivity index is 2.27. The summed E-state index contributed by atoms with van der Waals surface area (Å²) in [5.41, 5.74) is 1.59. The van der Waals surface area contributed by atoms with Gasteiger partial charge >= 0.3 is 0 Å². The van der Waals surface area contributed by atoms with Crippen molar-refractivity contribution in [3.63, 3.8) is 0 Å². The Morgan fingerprint density at radius 1 is 1.33 bits per heavy atom. The summed E-state index contributed by atoms with van der Waals surface area (Å²) >= 11 is 0. The van der Waals surface area contributed by atoms with Crippen LogP contribution in [-0.4, -0.2) is 34.1 Å². The van der Waals surface area contributed by atoms with E-state index >= 15 is 0 Å². The number of carbonyl (C=O) groups is 1. The van der Waals surface area contributed by atoms with E-state index < -0.39 is 0 Å². The summed E-state index contributed by atoms with van der Waals surface area (Å²) in [5.74, 6) is 0.488. The molecule has 2 rings (SSSR count). The van der Waals surface area contributed by atoms with Crippen molar-refractivity contribution in [2.24, 2.45) is 5.92 Å². The summed E-state index contributed by atoms with van der Waals surface area (Å²) in [5, 5.41) is 7.86. The molecule has 1 unspecified atom stereocenters. The van der Waals surface area contributed by atoms with E-state index in [0.717, 1.165) is 10.9 Å². The van der Waals surface area contributed by atoms with Crippen molar-refractivity contribution < 1.29 is 4.79 Å². The van der Waals surface area contributed by atoms with E-state index in [4.69, 9.17) is 0 Å². The third-order valence-corrected chi connectivity index (χ3v) is 3.58. The van der Waals surface area contributed by atoms with Gasteiger partial charge in [-0.1, -0.05) is 19.9 Å². The van der Waals surface area contributed by atoms with Gasteiger partial charge in [0.1, 0.15) is 0 Å². The highest BCUT2D eigenvalue weighted by Gasteiger charge is 2.20. The number of amides is 1. The Hall–Kier alpha value is -1.84. The molecule has 0 saturated heterocycles. The fraction of sp³-hybridized carbons (Fsp3) is 0.429. The van der Waals surface area contributed by atoms with Crippen molar-refractivity contribution in [1.82, 2.24) is 15.1 Å². The molecule has 0 spiro atoms. The van der Waals surface area contributed by atoms with Gasteiger partial charge < -0.3 is 4.90 Å². The van der Waals surface area contributed by atoms with Gasteiger partial charge in [0.05, 0.1) is 11.7 Å². The lowest BCUT2D eigenvalue weighted by atomic mass is 10.0. The molecule has 0 radical (unpaired) electrons. The minimum Gasteiger partial charge on any atom is -0.339 e. The lowest BCUT2D eigenvalue weighted by molar-refractivity contribution is 0.0707. The highest BCUT2D eigenvalue weighted by Crippen LogP contribution is 2.16. The van der Waals surface area contributed by atoms with Crippen LogP contribution in [-0.2, 0) is 0 Å². The molecular formula is C14H19N3O. The average molecular weight is 245 g/mol. The molecule has 0 aliphatic carbocycles. The highest BCUT2D eigenvalue weighted by atomic mass is 16.2. The Kier molecular flexibility index (Phi) is 3.36. The van der Waals surface area contributed by atoms with Crippen molar-refractivity contribution in [1.29, 1.82) is 0 Å². The Morgan fingerprint density at radius 3 is 2.72 bits per heavy atom. The van der Waals surface area contributed by atoms with Crippen LogP contribution in [0, 0.1) is 5.92 Å². The Bertz CT molecular complexity index is 559. The first-order chi connectivity index (χ1) is 8.50. The van der Waals surface area contributed by atoms with Crippen LogP contribution < -0.4 is 0 Å². The number of carbonyl (C=O) groups excluding carboxylic acids is 1. The van der Waals surface area contributed by atoms with Crippen molar-refractivity contribution in [3.05, 3.63) is 30.0 Å². The van der Waals surface area contributed by atoms with E-state index in [-0.39, 0.29) is 11.9 Å². The number of rotatable bonds is 3. The van der Waals surface area contributed by atoms with Crippen molar-refractivity contribution in [2.75, 3.05) is 7.05 Å². The largest absolute Gasteiger partial charge is 0.339 e. The van der Waals surface area contributed by atoms with E-state index in [1.165, 1.54) is 0 Å². The molecule has 96 valence electrons. The minimum atomic E-state index is 0.0488. The van der Waals surface area contributed by atoms with Crippen LogP contribution in [0.15, 0.2) is 24.4 Å². The summed E-state index contributed by atoms with van der Waals surface area (Å²) < 4.78 is 0. The van der Waals surface area contributed by atoms with Crippen LogP contribution >= 0.6 is 0 Å². The summed E-state index contributed by atoms with van der Waals surface area (Å²) in [6, 6.07) is 5.84. The van der Waals surface area contributed by atoms with Gasteiger partial charge in [-0.15, -0.1) is 0 Å². The molecule has 1 atom stereocenters. The predicted octanol–water partition coefficient (Wildman–Crippen LogP) is 2.68. The zero-order chi connectivity index (χ0) is 13.3. The van der Waals surface area contributed by atoms with Crippen LogP contribution in [0.25, 0.3) is 10.9 Å². The van der Waals surface area contributed by atoms with Gasteiger partial charge in [0.15, 0.2) is 0 Å². The number of aromatic nitrogens is 2. The second-order valence-electron chi connectivity index (χ2n) is 5.07. The van der Waals surface area contributed by atoms with Crippen LogP contribution in [0.3, 0.4) is 0 Å². The smallest absolute Gasteiger partial charge is 0.253 e. The first-order valence-corrected chi connectivity index (χ1v) is 6.21. The van der Waals surface area contributed by atoms with E-state index in [9.17, 15) is 4.79 Å². The summed E-state index contributed by atoms with van der Waals surface area (Å²) in [4.78, 5) is 14.1. The molecule has 0 bridgehead atoms. The third-order valence-electron chi connectivity index (χ3n) is 3.58. The standard InChI is InChI=1S/C14H19N3O/c1-9(2)10(3)17(4)14(18)11-5-6-12-8-15-16-13(12)7-11/h5-10H,1-4H3,(H,15,16). The number of H-pyrrole nitrogens is 1. The SMILES string of the molecule is CC(C)C(C)N(C)C(=O)c1ccc2cn[nH]c2c1. The maximum atomic E-state index is 12.3. The van der Waals surface area contributed by atoms with E-state index in [2.05, 4.69) is 31.0 Å². The van der Waals surface area contributed by atoms with Gasteiger partial charge in [-0.05, 0) is 25.0 Å². The summed E-state index contributed by atoms with van der Waals surface area (Å²) in [7, 11) is 1.85. The maximum Gasteiger partial charge on any atom is 0.253 e. The fourth-order valence-corrected chi connectivity index (χ4v) is 1.91. The highest BCUT2D eigenvalue weighted by molar-refractivity contribution is 5.97. The minimum absolute atomic E-state index is 0.0488. The molecule has 1 heterocycles. The third kappa shape index (κ3) is 2.23. The number of fused-ring (bicyclic) bond motifs is 1. The molecule has 2 aromatic rings. The fourth-order valence-electron chi connectivity index (χ4n) is 1.91. The topological polar surface area (TPSA) is 49.0 Å². The molecule has 1 N–H and O–H groups in total. The molecule has 4 nitrogen and oxygen atoms in total. The second-order valence-corrected chi connectivity index (χ2v) is 5.07. The number of hydrogen-bond acceptors (Lipinski definition) is 2. The molecule has 1 amide bonds. The molecule has 0 aliphatic heterocycles. The Morgan fingerprint density at radius 2 is 2.06 bits per heavy atom. The van der Waals surface area contributed by atoms with Gasteiger partial charge in [0, 0.05) is 24.0 Å². The van der Waals surface area contributed by atoms with Crippen molar-refractivity contribution in [2.45, 2.75) is 26.8 Å². The first-order valence-electron chi connectivity index (χ1n) is 6.21. The van der Waals surface area contributed by atoms with Gasteiger partial charge in [-0.3, -0.25) is 9.89 Å². The molecule has 1 aromatic carbocycles. The molecule has 0 fully saturated rings. The van der Waals surface area contributed by atoms with Gasteiger partial charge in [0.2, 0.25) is 0 Å². The maximum absolute atomic E-state index is 12.3. The predicted molar refractivity (Wildman–Crippen MR) is 72.5 cm³/mol. The van der Waals surface area contributed by atoms with Crippen LogP contribution in [0.5, 0.6) is 0 Å². The molecule has 1 aromatic heterocycles. The van der Waals surface area contributed by atoms with Gasteiger partial charge in [-0.2, -0.15) is 5.10 Å². The number of benzene rings is 1. The van der Waals surface area contributed by atoms with E-state index in [1.807, 2.05) is 25.2 Å². The molecule has 18 heavy (non-hydrogen) atoms. The molecule has 0 saturated carbocycles. The van der Waals surface area contributed by atoms with Crippen molar-refractivity contribution in [3.8, 4) is 0 Å². The number of hydrogen-bond donors (Lipinski definition) is 1. The number of nitrogens with one attached hydrogen (secondary N) is 1. The van der Waals surface area contributed by atoms with E-state index in [1.54, 1.807) is 11.1 Å².